The van der Waals surface area contributed by atoms with Gasteiger partial charge in [0.25, 0.3) is 0 Å². The highest BCUT2D eigenvalue weighted by molar-refractivity contribution is 6.35. The Kier molecular flexibility index (Phi) is 3.87. The van der Waals surface area contributed by atoms with Gasteiger partial charge in [0.15, 0.2) is 5.82 Å². The van der Waals surface area contributed by atoms with Crippen LogP contribution < -0.4 is 11.1 Å². The van der Waals surface area contributed by atoms with Gasteiger partial charge in [-0.2, -0.15) is 0 Å². The van der Waals surface area contributed by atoms with Gasteiger partial charge in [-0.15, -0.1) is 0 Å². The number of aromatic nitrogens is 2. The van der Waals surface area contributed by atoms with Gasteiger partial charge in [-0.05, 0) is 0 Å². The molecule has 0 atom stereocenters. The van der Waals surface area contributed by atoms with E-state index in [2.05, 4.69) is 15.3 Å². The molecule has 0 unspecified atom stereocenters. The van der Waals surface area contributed by atoms with Gasteiger partial charge >= 0.3 is 0 Å². The van der Waals surface area contributed by atoms with Crippen LogP contribution in [-0.2, 0) is 0 Å². The first kappa shape index (κ1) is 11.0. The molecule has 0 saturated heterocycles. The predicted octanol–water partition coefficient (Wildman–Crippen LogP) is -0.523. The number of nitrogen functional groups attached to an aromatic ring is 1. The molecular formula is C7H11ClN4O2. The molecule has 0 radical (unpaired) electrons. The fourth-order valence-corrected chi connectivity index (χ4v) is 0.979. The third kappa shape index (κ3) is 2.44. The maximum Gasteiger partial charge on any atom is 0.150 e. The van der Waals surface area contributed by atoms with E-state index in [4.69, 9.17) is 27.5 Å². The molecule has 0 spiro atoms. The first-order chi connectivity index (χ1) is 6.69. The number of rotatable bonds is 4. The summed E-state index contributed by atoms with van der Waals surface area (Å²) >= 11 is 5.78. The lowest BCUT2D eigenvalue weighted by Crippen LogP contribution is -2.28. The number of nitrogens with one attached hydrogen (secondary N) is 1. The van der Waals surface area contributed by atoms with Crippen molar-refractivity contribution in [2.24, 2.45) is 0 Å². The minimum absolute atomic E-state index is 0.152. The highest BCUT2D eigenvalue weighted by atomic mass is 35.5. The zero-order valence-corrected chi connectivity index (χ0v) is 8.07. The number of nitrogens with zero attached hydrogens (tertiary/aromatic N) is 2. The van der Waals surface area contributed by atoms with Crippen LogP contribution >= 0.6 is 11.6 Å². The van der Waals surface area contributed by atoms with E-state index >= 15 is 0 Å². The second kappa shape index (κ2) is 4.94. The van der Waals surface area contributed by atoms with Crippen LogP contribution in [0.3, 0.4) is 0 Å². The Morgan fingerprint density at radius 2 is 2.07 bits per heavy atom. The highest BCUT2D eigenvalue weighted by Crippen LogP contribution is 2.23. The largest absolute Gasteiger partial charge is 0.394 e. The van der Waals surface area contributed by atoms with Crippen molar-refractivity contribution in [3.63, 3.8) is 0 Å². The summed E-state index contributed by atoms with van der Waals surface area (Å²) in [5, 5.41) is 20.5. The van der Waals surface area contributed by atoms with Gasteiger partial charge < -0.3 is 21.3 Å². The van der Waals surface area contributed by atoms with Gasteiger partial charge in [0.1, 0.15) is 17.2 Å². The Bertz CT molecular complexity index is 306. The summed E-state index contributed by atoms with van der Waals surface area (Å²) in [5.41, 5.74) is 5.43. The Labute approximate surface area is 85.7 Å². The molecule has 6 nitrogen and oxygen atoms in total. The Morgan fingerprint density at radius 1 is 1.43 bits per heavy atom. The first-order valence-corrected chi connectivity index (χ1v) is 4.31. The second-order valence-electron chi connectivity index (χ2n) is 2.63. The highest BCUT2D eigenvalue weighted by Gasteiger charge is 2.11. The average Bonchev–Trinajstić information content (AvgIpc) is 2.20. The number of aliphatic hydroxyl groups excluding tert-OH is 2. The third-order valence-electron chi connectivity index (χ3n) is 1.60. The van der Waals surface area contributed by atoms with Crippen LogP contribution in [0.15, 0.2) is 6.33 Å². The van der Waals surface area contributed by atoms with Crippen LogP contribution in [0.5, 0.6) is 0 Å². The minimum Gasteiger partial charge on any atom is -0.394 e. The zero-order valence-electron chi connectivity index (χ0n) is 7.31. The predicted molar refractivity (Wildman–Crippen MR) is 53.0 cm³/mol. The summed E-state index contributed by atoms with van der Waals surface area (Å²) in [6.45, 7) is -0.451. The maximum atomic E-state index is 8.81. The molecule has 1 heterocycles. The average molecular weight is 219 g/mol. The molecule has 0 saturated carbocycles. The van der Waals surface area contributed by atoms with Crippen molar-refractivity contribution in [2.45, 2.75) is 6.04 Å². The standard InChI is InChI=1S/C7H11ClN4O2/c8-5-6(9)10-3-11-7(5)12-4(1-13)2-14/h3-4,13-14H,1-2H2,(H3,9,10,11,12). The van der Waals surface area contributed by atoms with Crippen molar-refractivity contribution in [3.05, 3.63) is 11.3 Å². The summed E-state index contributed by atoms with van der Waals surface area (Å²) in [6, 6.07) is -0.512. The van der Waals surface area contributed by atoms with Crippen molar-refractivity contribution in [3.8, 4) is 0 Å². The minimum atomic E-state index is -0.512. The van der Waals surface area contributed by atoms with Crippen LogP contribution in [0, 0.1) is 0 Å². The lowest BCUT2D eigenvalue weighted by molar-refractivity contribution is 0.203. The topological polar surface area (TPSA) is 104 Å². The van der Waals surface area contributed by atoms with Crippen molar-refractivity contribution in [1.29, 1.82) is 0 Å². The first-order valence-electron chi connectivity index (χ1n) is 3.93. The van der Waals surface area contributed by atoms with E-state index in [9.17, 15) is 0 Å². The molecule has 14 heavy (non-hydrogen) atoms. The number of aliphatic hydroxyl groups is 2. The zero-order chi connectivity index (χ0) is 10.6. The molecule has 0 aromatic carbocycles. The quantitative estimate of drug-likeness (QED) is 0.542. The monoisotopic (exact) mass is 218 g/mol. The fourth-order valence-electron chi connectivity index (χ4n) is 0.826. The summed E-state index contributed by atoms with van der Waals surface area (Å²) in [4.78, 5) is 7.49. The fraction of sp³-hybridized carbons (Fsp3) is 0.429. The third-order valence-corrected chi connectivity index (χ3v) is 1.97. The van der Waals surface area contributed by atoms with Crippen molar-refractivity contribution in [1.82, 2.24) is 9.97 Å². The summed E-state index contributed by atoms with van der Waals surface area (Å²) in [6.07, 6.45) is 1.25. The number of hydrogen-bond acceptors (Lipinski definition) is 6. The molecule has 0 aliphatic rings. The van der Waals surface area contributed by atoms with Gasteiger partial charge in [-0.25, -0.2) is 9.97 Å². The summed E-state index contributed by atoms with van der Waals surface area (Å²) in [5.74, 6) is 0.450. The molecule has 78 valence electrons. The van der Waals surface area contributed by atoms with Gasteiger partial charge in [0, 0.05) is 0 Å². The molecule has 0 aliphatic carbocycles. The van der Waals surface area contributed by atoms with Crippen LogP contribution in [0.2, 0.25) is 5.02 Å². The van der Waals surface area contributed by atoms with Crippen LogP contribution in [-0.4, -0.2) is 39.4 Å². The summed E-state index contributed by atoms with van der Waals surface area (Å²) in [7, 11) is 0. The number of nitrogens with two attached hydrogens (primary N) is 1. The SMILES string of the molecule is Nc1ncnc(NC(CO)CO)c1Cl. The van der Waals surface area contributed by atoms with E-state index in [1.807, 2.05) is 0 Å². The molecule has 0 fully saturated rings. The van der Waals surface area contributed by atoms with Gasteiger partial charge in [-0.3, -0.25) is 0 Å². The van der Waals surface area contributed by atoms with E-state index in [1.165, 1.54) is 6.33 Å². The van der Waals surface area contributed by atoms with Gasteiger partial charge in [0.05, 0.1) is 19.3 Å². The van der Waals surface area contributed by atoms with E-state index in [-0.39, 0.29) is 24.1 Å². The Morgan fingerprint density at radius 3 is 2.64 bits per heavy atom. The van der Waals surface area contributed by atoms with Gasteiger partial charge in [-0.1, -0.05) is 11.6 Å². The van der Waals surface area contributed by atoms with Crippen LogP contribution in [0.1, 0.15) is 0 Å². The lowest BCUT2D eigenvalue weighted by Gasteiger charge is -2.14. The summed E-state index contributed by atoms with van der Waals surface area (Å²) < 4.78 is 0. The van der Waals surface area contributed by atoms with E-state index < -0.39 is 6.04 Å². The Hall–Kier alpha value is -1.11. The molecule has 1 rings (SSSR count). The number of anilines is 2. The normalized spacial score (nSPS) is 10.6. The van der Waals surface area contributed by atoms with E-state index in [0.717, 1.165) is 0 Å². The van der Waals surface area contributed by atoms with Crippen molar-refractivity contribution >= 4 is 23.2 Å². The van der Waals surface area contributed by atoms with Crippen molar-refractivity contribution < 1.29 is 10.2 Å². The molecule has 0 amide bonds. The second-order valence-corrected chi connectivity index (χ2v) is 3.01. The van der Waals surface area contributed by atoms with Crippen LogP contribution in [0.4, 0.5) is 11.6 Å². The molecule has 7 heteroatoms. The molecule has 5 N–H and O–H groups in total. The molecule has 1 aromatic heterocycles. The molecule has 0 bridgehead atoms. The Balaban J connectivity index is 2.80. The smallest absolute Gasteiger partial charge is 0.150 e. The number of halogens is 1. The number of hydrogen-bond donors (Lipinski definition) is 4. The molecular weight excluding hydrogens is 208 g/mol. The van der Waals surface area contributed by atoms with Crippen LogP contribution in [0.25, 0.3) is 0 Å². The van der Waals surface area contributed by atoms with Gasteiger partial charge in [0.2, 0.25) is 0 Å². The van der Waals surface area contributed by atoms with E-state index in [1.54, 1.807) is 0 Å². The maximum absolute atomic E-state index is 8.81. The molecule has 0 aliphatic heterocycles. The molecule has 1 aromatic rings. The lowest BCUT2D eigenvalue weighted by atomic mass is 10.3. The van der Waals surface area contributed by atoms with Crippen molar-refractivity contribution in [2.75, 3.05) is 24.3 Å². The van der Waals surface area contributed by atoms with E-state index in [0.29, 0.717) is 5.82 Å².